The minimum absolute atomic E-state index is 0.229. The smallest absolute Gasteiger partial charge is 0.312 e. The van der Waals surface area contributed by atoms with Crippen LogP contribution in [0.5, 0.6) is 0 Å². The number of primary amides is 1. The van der Waals surface area contributed by atoms with Crippen LogP contribution in [0.3, 0.4) is 0 Å². The Bertz CT molecular complexity index is 325. The molecule has 1 aliphatic carbocycles. The number of carbonyl (C=O) groups excluding carboxylic acids is 2. The number of amides is 3. The molecule has 0 aromatic heterocycles. The monoisotopic (exact) mass is 271 g/mol. The van der Waals surface area contributed by atoms with E-state index in [2.05, 4.69) is 17.6 Å². The van der Waals surface area contributed by atoms with E-state index in [9.17, 15) is 14.7 Å². The first kappa shape index (κ1) is 15.8. The van der Waals surface area contributed by atoms with Crippen molar-refractivity contribution in [1.29, 1.82) is 0 Å². The maximum Gasteiger partial charge on any atom is 0.312 e. The van der Waals surface area contributed by atoms with E-state index in [0.29, 0.717) is 18.8 Å². The van der Waals surface area contributed by atoms with Crippen molar-refractivity contribution in [2.24, 2.45) is 11.7 Å². The van der Waals surface area contributed by atoms with Gasteiger partial charge in [-0.05, 0) is 38.5 Å². The van der Waals surface area contributed by atoms with Crippen LogP contribution in [-0.2, 0) is 4.79 Å². The number of rotatable bonds is 5. The number of nitrogens with one attached hydrogen (secondary N) is 2. The summed E-state index contributed by atoms with van der Waals surface area (Å²) in [5.41, 5.74) is 4.14. The summed E-state index contributed by atoms with van der Waals surface area (Å²) < 4.78 is 0. The number of aliphatic hydroxyl groups is 1. The van der Waals surface area contributed by atoms with Crippen LogP contribution in [0.15, 0.2) is 0 Å². The average Bonchev–Trinajstić information content (AvgIpc) is 2.36. The quantitative estimate of drug-likeness (QED) is 0.585. The van der Waals surface area contributed by atoms with Gasteiger partial charge < -0.3 is 21.5 Å². The molecule has 6 nitrogen and oxygen atoms in total. The number of nitrogens with two attached hydrogens (primary N) is 1. The zero-order valence-electron chi connectivity index (χ0n) is 11.7. The first-order valence-corrected chi connectivity index (χ1v) is 6.92. The molecule has 19 heavy (non-hydrogen) atoms. The average molecular weight is 271 g/mol. The zero-order chi connectivity index (χ0) is 14.5. The zero-order valence-corrected chi connectivity index (χ0v) is 11.7. The summed E-state index contributed by atoms with van der Waals surface area (Å²) in [5.74, 6) is 0.358. The lowest BCUT2D eigenvalue weighted by Crippen LogP contribution is -2.51. The van der Waals surface area contributed by atoms with Crippen molar-refractivity contribution in [1.82, 2.24) is 10.6 Å². The Morgan fingerprint density at radius 2 is 2.00 bits per heavy atom. The Morgan fingerprint density at radius 3 is 2.47 bits per heavy atom. The van der Waals surface area contributed by atoms with Crippen molar-refractivity contribution in [3.63, 3.8) is 0 Å². The fraction of sp³-hybridized carbons (Fsp3) is 0.846. The highest BCUT2D eigenvalue weighted by Gasteiger charge is 2.33. The number of hydrogen-bond donors (Lipinski definition) is 4. The van der Waals surface area contributed by atoms with Crippen molar-refractivity contribution in [2.45, 2.75) is 57.6 Å². The molecule has 0 saturated heterocycles. The molecule has 1 aliphatic rings. The highest BCUT2D eigenvalue weighted by atomic mass is 16.3. The summed E-state index contributed by atoms with van der Waals surface area (Å²) in [6, 6.07) is -1.42. The lowest BCUT2D eigenvalue weighted by Gasteiger charge is -2.36. The molecule has 1 rings (SSSR count). The SMILES string of the molecule is CCC1CCC(O)(CNC(=O)C(C)NC(N)=O)CC1. The highest BCUT2D eigenvalue weighted by molar-refractivity contribution is 5.86. The van der Waals surface area contributed by atoms with Gasteiger partial charge in [0.05, 0.1) is 5.60 Å². The van der Waals surface area contributed by atoms with Crippen molar-refractivity contribution >= 4 is 11.9 Å². The molecule has 1 fully saturated rings. The van der Waals surface area contributed by atoms with Gasteiger partial charge in [-0.25, -0.2) is 4.79 Å². The lowest BCUT2D eigenvalue weighted by molar-refractivity contribution is -0.124. The lowest BCUT2D eigenvalue weighted by atomic mass is 9.78. The van der Waals surface area contributed by atoms with Crippen molar-refractivity contribution < 1.29 is 14.7 Å². The number of urea groups is 1. The van der Waals surface area contributed by atoms with E-state index < -0.39 is 17.7 Å². The van der Waals surface area contributed by atoms with E-state index in [4.69, 9.17) is 5.73 Å². The molecule has 0 aromatic rings. The van der Waals surface area contributed by atoms with E-state index in [1.165, 1.54) is 0 Å². The maximum atomic E-state index is 11.7. The third-order valence-corrected chi connectivity index (χ3v) is 3.96. The van der Waals surface area contributed by atoms with Gasteiger partial charge in [-0.2, -0.15) is 0 Å². The first-order chi connectivity index (χ1) is 8.86. The molecule has 0 aliphatic heterocycles. The third kappa shape index (κ3) is 5.06. The molecule has 0 aromatic carbocycles. The van der Waals surface area contributed by atoms with Crippen molar-refractivity contribution in [3.05, 3.63) is 0 Å². The molecule has 0 spiro atoms. The fourth-order valence-corrected chi connectivity index (χ4v) is 2.48. The molecule has 1 saturated carbocycles. The Morgan fingerprint density at radius 1 is 1.42 bits per heavy atom. The second kappa shape index (κ2) is 6.75. The van der Waals surface area contributed by atoms with Crippen LogP contribution in [0.1, 0.15) is 46.0 Å². The van der Waals surface area contributed by atoms with E-state index in [1.807, 2.05) is 0 Å². The van der Waals surface area contributed by atoms with E-state index >= 15 is 0 Å². The topological polar surface area (TPSA) is 104 Å². The Hall–Kier alpha value is -1.30. The van der Waals surface area contributed by atoms with E-state index in [0.717, 1.165) is 19.3 Å². The molecule has 0 radical (unpaired) electrons. The molecule has 6 heteroatoms. The molecule has 1 atom stereocenters. The Labute approximate surface area is 114 Å². The number of hydrogen-bond acceptors (Lipinski definition) is 3. The molecule has 0 bridgehead atoms. The van der Waals surface area contributed by atoms with Crippen LogP contribution in [0.4, 0.5) is 4.79 Å². The van der Waals surface area contributed by atoms with Crippen LogP contribution in [0, 0.1) is 5.92 Å². The maximum absolute atomic E-state index is 11.7. The second-order valence-corrected chi connectivity index (χ2v) is 5.52. The van der Waals surface area contributed by atoms with Gasteiger partial charge in [-0.15, -0.1) is 0 Å². The van der Waals surface area contributed by atoms with Crippen LogP contribution >= 0.6 is 0 Å². The third-order valence-electron chi connectivity index (χ3n) is 3.96. The molecule has 5 N–H and O–H groups in total. The van der Waals surface area contributed by atoms with E-state index in [-0.39, 0.29) is 12.5 Å². The van der Waals surface area contributed by atoms with Gasteiger partial charge in [0, 0.05) is 6.54 Å². The Balaban J connectivity index is 2.35. The van der Waals surface area contributed by atoms with Gasteiger partial charge in [0.1, 0.15) is 6.04 Å². The predicted molar refractivity (Wildman–Crippen MR) is 72.4 cm³/mol. The van der Waals surface area contributed by atoms with Crippen LogP contribution in [-0.4, -0.2) is 35.2 Å². The Kier molecular flexibility index (Phi) is 5.60. The van der Waals surface area contributed by atoms with Crippen molar-refractivity contribution in [3.8, 4) is 0 Å². The molecular weight excluding hydrogens is 246 g/mol. The van der Waals surface area contributed by atoms with Crippen molar-refractivity contribution in [2.75, 3.05) is 6.54 Å². The van der Waals surface area contributed by atoms with Gasteiger partial charge >= 0.3 is 6.03 Å². The first-order valence-electron chi connectivity index (χ1n) is 6.92. The van der Waals surface area contributed by atoms with Gasteiger partial charge in [0.15, 0.2) is 0 Å². The summed E-state index contributed by atoms with van der Waals surface area (Å²) in [6.07, 6.45) is 4.56. The molecular formula is C13H25N3O3. The minimum atomic E-state index is -0.812. The summed E-state index contributed by atoms with van der Waals surface area (Å²) in [7, 11) is 0. The second-order valence-electron chi connectivity index (χ2n) is 5.52. The summed E-state index contributed by atoms with van der Waals surface area (Å²) in [6.45, 7) is 3.94. The standard InChI is InChI=1S/C13H25N3O3/c1-3-10-4-6-13(19,7-5-10)8-15-11(17)9(2)16-12(14)18/h9-10,19H,3-8H2,1-2H3,(H,15,17)(H3,14,16,18). The summed E-state index contributed by atoms with van der Waals surface area (Å²) in [4.78, 5) is 22.3. The fourth-order valence-electron chi connectivity index (χ4n) is 2.48. The summed E-state index contributed by atoms with van der Waals surface area (Å²) in [5, 5.41) is 15.3. The minimum Gasteiger partial charge on any atom is -0.388 e. The molecule has 1 unspecified atom stereocenters. The van der Waals surface area contributed by atoms with Gasteiger partial charge in [-0.3, -0.25) is 4.79 Å². The predicted octanol–water partition coefficient (Wildman–Crippen LogP) is 0.491. The molecule has 3 amide bonds. The van der Waals surface area contributed by atoms with Crippen LogP contribution in [0.25, 0.3) is 0 Å². The normalized spacial score (nSPS) is 28.5. The van der Waals surface area contributed by atoms with E-state index in [1.54, 1.807) is 6.92 Å². The number of carbonyl (C=O) groups is 2. The van der Waals surface area contributed by atoms with Gasteiger partial charge in [0.25, 0.3) is 0 Å². The largest absolute Gasteiger partial charge is 0.388 e. The molecule has 110 valence electrons. The summed E-state index contributed by atoms with van der Waals surface area (Å²) >= 11 is 0. The molecule has 0 heterocycles. The van der Waals surface area contributed by atoms with Gasteiger partial charge in [0.2, 0.25) is 5.91 Å². The van der Waals surface area contributed by atoms with Crippen LogP contribution in [0.2, 0.25) is 0 Å². The van der Waals surface area contributed by atoms with Gasteiger partial charge in [-0.1, -0.05) is 13.3 Å². The highest BCUT2D eigenvalue weighted by Crippen LogP contribution is 2.33. The van der Waals surface area contributed by atoms with Crippen LogP contribution < -0.4 is 16.4 Å².